The minimum absolute atomic E-state index is 0.181. The molecule has 0 radical (unpaired) electrons. The molecule has 5 heteroatoms. The van der Waals surface area contributed by atoms with E-state index in [0.29, 0.717) is 0 Å². The first-order valence-electron chi connectivity index (χ1n) is 10.2. The Morgan fingerprint density at radius 1 is 1.21 bits per heavy atom. The van der Waals surface area contributed by atoms with Crippen molar-refractivity contribution >= 4 is 33.3 Å². The molecule has 3 aromatic rings. The van der Waals surface area contributed by atoms with Crippen LogP contribution in [0.5, 0.6) is 0 Å². The number of hydrogen-bond acceptors (Lipinski definition) is 4. The molecule has 2 aromatic heterocycles. The zero-order valence-electron chi connectivity index (χ0n) is 15.9. The molecule has 0 atom stereocenters. The zero-order chi connectivity index (χ0) is 19.1. The van der Waals surface area contributed by atoms with Crippen LogP contribution in [0.1, 0.15) is 49.3 Å². The van der Waals surface area contributed by atoms with Gasteiger partial charge in [-0.15, -0.1) is 17.9 Å². The first-order valence-corrected chi connectivity index (χ1v) is 12.0. The maximum Gasteiger partial charge on any atom is 0.263 e. The number of hydrogen-bond donors (Lipinski definition) is 0. The van der Waals surface area contributed by atoms with Crippen molar-refractivity contribution in [3.63, 3.8) is 0 Å². The van der Waals surface area contributed by atoms with E-state index < -0.39 is 0 Å². The van der Waals surface area contributed by atoms with Crippen molar-refractivity contribution in [1.82, 2.24) is 9.55 Å². The summed E-state index contributed by atoms with van der Waals surface area (Å²) in [5.74, 6) is 0.776. The van der Waals surface area contributed by atoms with Gasteiger partial charge in [0.15, 0.2) is 5.16 Å². The van der Waals surface area contributed by atoms with Gasteiger partial charge in [0.05, 0.1) is 5.39 Å². The van der Waals surface area contributed by atoms with Crippen molar-refractivity contribution in [3.8, 4) is 10.4 Å². The maximum atomic E-state index is 13.7. The van der Waals surface area contributed by atoms with E-state index in [9.17, 15) is 4.79 Å². The highest BCUT2D eigenvalue weighted by molar-refractivity contribution is 7.99. The second-order valence-corrected chi connectivity index (χ2v) is 9.69. The summed E-state index contributed by atoms with van der Waals surface area (Å²) in [5, 5.41) is 1.75. The summed E-state index contributed by atoms with van der Waals surface area (Å²) in [4.78, 5) is 20.9. The van der Waals surface area contributed by atoms with Crippen LogP contribution in [-0.2, 0) is 12.8 Å². The molecule has 2 aliphatic rings. The van der Waals surface area contributed by atoms with Crippen molar-refractivity contribution < 1.29 is 0 Å². The van der Waals surface area contributed by atoms with Crippen molar-refractivity contribution in [2.24, 2.45) is 0 Å². The van der Waals surface area contributed by atoms with E-state index >= 15 is 0 Å². The molecule has 0 unspecified atom stereocenters. The zero-order valence-corrected chi connectivity index (χ0v) is 17.6. The predicted molar refractivity (Wildman–Crippen MR) is 120 cm³/mol. The summed E-state index contributed by atoms with van der Waals surface area (Å²) in [6.07, 6.45) is 9.69. The molecule has 0 amide bonds. The van der Waals surface area contributed by atoms with Crippen molar-refractivity contribution in [2.45, 2.75) is 56.1 Å². The highest BCUT2D eigenvalue weighted by atomic mass is 32.2. The van der Waals surface area contributed by atoms with Gasteiger partial charge in [0.1, 0.15) is 4.83 Å². The fourth-order valence-electron chi connectivity index (χ4n) is 4.67. The van der Waals surface area contributed by atoms with Crippen molar-refractivity contribution in [2.75, 3.05) is 5.75 Å². The number of thioether (sulfide) groups is 1. The molecule has 0 saturated heterocycles. The summed E-state index contributed by atoms with van der Waals surface area (Å²) < 4.78 is 2.03. The molecule has 144 valence electrons. The average molecular weight is 409 g/mol. The van der Waals surface area contributed by atoms with Crippen LogP contribution in [0.15, 0.2) is 46.9 Å². The Balaban J connectivity index is 1.74. The lowest BCUT2D eigenvalue weighted by atomic mass is 9.90. The van der Waals surface area contributed by atoms with E-state index in [-0.39, 0.29) is 11.6 Å². The highest BCUT2D eigenvalue weighted by Crippen LogP contribution is 2.43. The first kappa shape index (κ1) is 18.2. The predicted octanol–water partition coefficient (Wildman–Crippen LogP) is 6.01. The van der Waals surface area contributed by atoms with Crippen LogP contribution in [0.25, 0.3) is 20.7 Å². The van der Waals surface area contributed by atoms with Gasteiger partial charge >= 0.3 is 0 Å². The molecule has 2 aliphatic carbocycles. The third-order valence-corrected chi connectivity index (χ3v) is 8.11. The number of aryl methyl sites for hydroxylation is 2. The van der Waals surface area contributed by atoms with E-state index in [1.165, 1.54) is 40.8 Å². The van der Waals surface area contributed by atoms with Gasteiger partial charge in [-0.05, 0) is 42.4 Å². The van der Waals surface area contributed by atoms with E-state index in [0.717, 1.165) is 46.8 Å². The molecule has 5 rings (SSSR count). The Morgan fingerprint density at radius 3 is 2.86 bits per heavy atom. The molecular formula is C23H24N2OS2. The Morgan fingerprint density at radius 2 is 2.04 bits per heavy atom. The molecule has 0 aliphatic heterocycles. The topological polar surface area (TPSA) is 34.9 Å². The second kappa shape index (κ2) is 7.53. The summed E-state index contributed by atoms with van der Waals surface area (Å²) in [5.41, 5.74) is 4.08. The van der Waals surface area contributed by atoms with Gasteiger partial charge in [0.2, 0.25) is 0 Å². The lowest BCUT2D eigenvalue weighted by Crippen LogP contribution is -2.29. The number of rotatable bonds is 4. The third kappa shape index (κ3) is 2.96. The Labute approximate surface area is 173 Å². The quantitative estimate of drug-likeness (QED) is 0.301. The lowest BCUT2D eigenvalue weighted by Gasteiger charge is -2.26. The van der Waals surface area contributed by atoms with E-state index in [1.807, 2.05) is 10.6 Å². The third-order valence-electron chi connectivity index (χ3n) is 6.00. The van der Waals surface area contributed by atoms with Crippen LogP contribution in [-0.4, -0.2) is 15.3 Å². The van der Waals surface area contributed by atoms with Gasteiger partial charge in [0.25, 0.3) is 5.56 Å². The van der Waals surface area contributed by atoms with Crippen LogP contribution in [0.2, 0.25) is 0 Å². The van der Waals surface area contributed by atoms with E-state index in [2.05, 4.69) is 30.8 Å². The van der Waals surface area contributed by atoms with Crippen LogP contribution in [0.3, 0.4) is 0 Å². The Bertz CT molecular complexity index is 1110. The van der Waals surface area contributed by atoms with Crippen LogP contribution < -0.4 is 5.56 Å². The van der Waals surface area contributed by atoms with Crippen molar-refractivity contribution in [1.29, 1.82) is 0 Å². The molecule has 28 heavy (non-hydrogen) atoms. The highest BCUT2D eigenvalue weighted by Gasteiger charge is 2.27. The van der Waals surface area contributed by atoms with Gasteiger partial charge in [-0.1, -0.05) is 61.4 Å². The van der Waals surface area contributed by atoms with Gasteiger partial charge < -0.3 is 0 Å². The average Bonchev–Trinajstić information content (AvgIpc) is 3.12. The van der Waals surface area contributed by atoms with Gasteiger partial charge in [-0.3, -0.25) is 9.36 Å². The summed E-state index contributed by atoms with van der Waals surface area (Å²) in [6, 6.07) is 8.89. The lowest BCUT2D eigenvalue weighted by molar-refractivity contribution is 0.326. The van der Waals surface area contributed by atoms with Gasteiger partial charge in [-0.2, -0.15) is 0 Å². The number of benzene rings is 1. The number of aromatic nitrogens is 2. The molecule has 0 N–H and O–H groups in total. The smallest absolute Gasteiger partial charge is 0.263 e. The van der Waals surface area contributed by atoms with Crippen molar-refractivity contribution in [3.05, 3.63) is 58.4 Å². The molecule has 0 spiro atoms. The largest absolute Gasteiger partial charge is 0.284 e. The minimum atomic E-state index is 0.181. The van der Waals surface area contributed by atoms with Gasteiger partial charge in [-0.25, -0.2) is 4.98 Å². The molecular weight excluding hydrogens is 384 g/mol. The molecule has 3 nitrogen and oxygen atoms in total. The number of thiophene rings is 1. The Kier molecular flexibility index (Phi) is 4.89. The molecule has 2 heterocycles. The van der Waals surface area contributed by atoms with Gasteiger partial charge in [0, 0.05) is 16.7 Å². The minimum Gasteiger partial charge on any atom is -0.284 e. The number of fused-ring (bicyclic) bond motifs is 5. The monoisotopic (exact) mass is 408 g/mol. The van der Waals surface area contributed by atoms with E-state index in [4.69, 9.17) is 4.98 Å². The molecule has 1 saturated carbocycles. The Hall–Kier alpha value is -1.85. The fraction of sp³-hybridized carbons (Fsp3) is 0.391. The first-order chi connectivity index (χ1) is 13.8. The molecule has 1 fully saturated rings. The standard InChI is InChI=1S/C23H24N2OS2/c1-2-14-27-23-24-21-19(22(26)25(23)16-9-4-3-5-10-16)18-13-12-15-8-6-7-11-17(15)20(18)28-21/h2,6-8,11,16H,1,3-5,9-10,12-14H2. The second-order valence-electron chi connectivity index (χ2n) is 7.71. The molecule has 0 bridgehead atoms. The maximum absolute atomic E-state index is 13.7. The van der Waals surface area contributed by atoms with Crippen LogP contribution in [0, 0.1) is 0 Å². The summed E-state index contributed by atoms with van der Waals surface area (Å²) in [6.45, 7) is 3.85. The normalized spacial score (nSPS) is 16.7. The summed E-state index contributed by atoms with van der Waals surface area (Å²) >= 11 is 3.34. The number of nitrogens with zero attached hydrogens (tertiary/aromatic N) is 2. The van der Waals surface area contributed by atoms with Crippen LogP contribution in [0.4, 0.5) is 0 Å². The SMILES string of the molecule is C=CCSc1nc2sc3c(c2c(=O)n1C1CCCCC1)CCc1ccccc1-3. The fourth-order valence-corrected chi connectivity index (χ4v) is 6.80. The van der Waals surface area contributed by atoms with E-state index in [1.54, 1.807) is 23.1 Å². The summed E-state index contributed by atoms with van der Waals surface area (Å²) in [7, 11) is 0. The molecule has 1 aromatic carbocycles. The van der Waals surface area contributed by atoms with Crippen LogP contribution >= 0.6 is 23.1 Å².